The third-order valence-electron chi connectivity index (χ3n) is 6.72. The lowest BCUT2D eigenvalue weighted by atomic mass is 9.78. The zero-order valence-electron chi connectivity index (χ0n) is 19.6. The molecule has 0 aliphatic carbocycles. The summed E-state index contributed by atoms with van der Waals surface area (Å²) in [5, 5.41) is 2.76. The Hall–Kier alpha value is -2.19. The molecule has 0 bridgehead atoms. The molecule has 1 atom stereocenters. The van der Waals surface area contributed by atoms with Crippen LogP contribution in [0.25, 0.3) is 0 Å². The Kier molecular flexibility index (Phi) is 7.15. The molecule has 2 heterocycles. The van der Waals surface area contributed by atoms with E-state index in [1.807, 2.05) is 37.8 Å². The maximum absolute atomic E-state index is 13.2. The summed E-state index contributed by atoms with van der Waals surface area (Å²) < 4.78 is 28.1. The summed E-state index contributed by atoms with van der Waals surface area (Å²) in [7, 11) is -3.54. The number of sulfonamides is 1. The van der Waals surface area contributed by atoms with E-state index in [2.05, 4.69) is 11.9 Å². The predicted octanol–water partition coefficient (Wildman–Crippen LogP) is 2.78. The summed E-state index contributed by atoms with van der Waals surface area (Å²) in [5.74, 6) is -0.311. The summed E-state index contributed by atoms with van der Waals surface area (Å²) in [6.45, 7) is 13.0. The molecule has 2 amide bonds. The zero-order chi connectivity index (χ0) is 23.7. The number of nitrogens with zero attached hydrogens (tertiary/aromatic N) is 2. The van der Waals surface area contributed by atoms with Crippen LogP contribution in [0, 0.1) is 19.3 Å². The topological polar surface area (TPSA) is 86.8 Å². The van der Waals surface area contributed by atoms with E-state index in [-0.39, 0.29) is 17.2 Å². The average Bonchev–Trinajstić information content (AvgIpc) is 3.11. The molecule has 2 aliphatic heterocycles. The van der Waals surface area contributed by atoms with Crippen LogP contribution < -0.4 is 5.32 Å². The molecule has 1 spiro atoms. The van der Waals surface area contributed by atoms with Gasteiger partial charge in [0, 0.05) is 33.1 Å². The number of amides is 2. The molecule has 1 unspecified atom stereocenters. The summed E-state index contributed by atoms with van der Waals surface area (Å²) in [6.07, 6.45) is 2.73. The highest BCUT2D eigenvalue weighted by molar-refractivity contribution is 7.89. The molecule has 0 aromatic heterocycles. The molecule has 0 radical (unpaired) electrons. The second-order valence-corrected chi connectivity index (χ2v) is 11.5. The Balaban J connectivity index is 1.67. The fraction of sp³-hybridized carbons (Fsp3) is 0.583. The lowest BCUT2D eigenvalue weighted by Gasteiger charge is -2.39. The number of benzene rings is 1. The summed E-state index contributed by atoms with van der Waals surface area (Å²) in [6, 6.07) is 4.93. The Labute approximate surface area is 191 Å². The predicted molar refractivity (Wildman–Crippen MR) is 125 cm³/mol. The number of likely N-dealkylation sites (tertiary alicyclic amines) is 1. The second kappa shape index (κ2) is 9.35. The van der Waals surface area contributed by atoms with Crippen LogP contribution in [0.1, 0.15) is 50.7 Å². The van der Waals surface area contributed by atoms with Gasteiger partial charge in [0.25, 0.3) is 0 Å². The molecule has 1 N–H and O–H groups in total. The molecule has 3 rings (SSSR count). The van der Waals surface area contributed by atoms with Crippen LogP contribution in [0.3, 0.4) is 0 Å². The van der Waals surface area contributed by atoms with E-state index in [1.54, 1.807) is 10.4 Å². The van der Waals surface area contributed by atoms with Crippen LogP contribution in [0.5, 0.6) is 0 Å². The number of hydrogen-bond donors (Lipinski definition) is 1. The summed E-state index contributed by atoms with van der Waals surface area (Å²) >= 11 is 0. The van der Waals surface area contributed by atoms with Crippen LogP contribution in [0.15, 0.2) is 35.2 Å². The normalized spacial score (nSPS) is 19.7. The SMILES string of the molecule is C=C(C)CC(NC(C)=O)C(=O)N1CCC2(CCN(S(=O)(=O)c3cc(C)ccc3C)CC2)C1. The van der Waals surface area contributed by atoms with Gasteiger partial charge in [0.2, 0.25) is 21.8 Å². The molecule has 2 aliphatic rings. The highest BCUT2D eigenvalue weighted by Crippen LogP contribution is 2.42. The van der Waals surface area contributed by atoms with Gasteiger partial charge in [-0.25, -0.2) is 8.42 Å². The van der Waals surface area contributed by atoms with E-state index >= 15 is 0 Å². The van der Waals surface area contributed by atoms with E-state index in [4.69, 9.17) is 0 Å². The first-order chi connectivity index (χ1) is 14.9. The molecule has 7 nitrogen and oxygen atoms in total. The van der Waals surface area contributed by atoms with Crippen molar-refractivity contribution in [3.8, 4) is 0 Å². The third-order valence-corrected chi connectivity index (χ3v) is 8.76. The molecule has 32 heavy (non-hydrogen) atoms. The zero-order valence-corrected chi connectivity index (χ0v) is 20.4. The first-order valence-electron chi connectivity index (χ1n) is 11.2. The minimum Gasteiger partial charge on any atom is -0.344 e. The van der Waals surface area contributed by atoms with E-state index < -0.39 is 16.1 Å². The lowest BCUT2D eigenvalue weighted by Crippen LogP contribution is -2.49. The lowest BCUT2D eigenvalue weighted by molar-refractivity contribution is -0.135. The van der Waals surface area contributed by atoms with Crippen molar-refractivity contribution in [2.24, 2.45) is 5.41 Å². The van der Waals surface area contributed by atoms with Gasteiger partial charge in [0.05, 0.1) is 4.90 Å². The number of rotatable bonds is 6. The second-order valence-electron chi connectivity index (χ2n) is 9.60. The van der Waals surface area contributed by atoms with E-state index in [1.165, 1.54) is 6.92 Å². The van der Waals surface area contributed by atoms with Crippen molar-refractivity contribution in [2.45, 2.75) is 64.3 Å². The highest BCUT2D eigenvalue weighted by atomic mass is 32.2. The number of carbonyl (C=O) groups is 2. The van der Waals surface area contributed by atoms with Gasteiger partial charge in [-0.15, -0.1) is 6.58 Å². The number of hydrogen-bond acceptors (Lipinski definition) is 4. The maximum atomic E-state index is 13.2. The van der Waals surface area contributed by atoms with Crippen LogP contribution in [-0.2, 0) is 19.6 Å². The van der Waals surface area contributed by atoms with Gasteiger partial charge in [-0.2, -0.15) is 4.31 Å². The number of piperidine rings is 1. The quantitative estimate of drug-likeness (QED) is 0.660. The standard InChI is InChI=1S/C24H35N3O4S/c1-17(2)14-21(25-20(5)28)23(29)26-11-8-24(16-26)9-12-27(13-10-24)32(30,31)22-15-18(3)6-7-19(22)4/h6-7,15,21H,1,8-14,16H2,2-5H3,(H,25,28). The fourth-order valence-electron chi connectivity index (χ4n) is 4.87. The van der Waals surface area contributed by atoms with Crippen molar-refractivity contribution in [3.63, 3.8) is 0 Å². The monoisotopic (exact) mass is 461 g/mol. The number of nitrogens with one attached hydrogen (secondary N) is 1. The number of carbonyl (C=O) groups excluding carboxylic acids is 2. The Morgan fingerprint density at radius 2 is 1.75 bits per heavy atom. The van der Waals surface area contributed by atoms with Crippen molar-refractivity contribution in [1.82, 2.24) is 14.5 Å². The summed E-state index contributed by atoms with van der Waals surface area (Å²) in [4.78, 5) is 26.9. The van der Waals surface area contributed by atoms with Crippen LogP contribution in [0.2, 0.25) is 0 Å². The first-order valence-corrected chi connectivity index (χ1v) is 12.7. The first kappa shape index (κ1) is 24.5. The van der Waals surface area contributed by atoms with Crippen LogP contribution in [0.4, 0.5) is 0 Å². The largest absolute Gasteiger partial charge is 0.344 e. The molecule has 8 heteroatoms. The Bertz CT molecular complexity index is 994. The summed E-state index contributed by atoms with van der Waals surface area (Å²) in [5.41, 5.74) is 2.47. The van der Waals surface area contributed by atoms with Crippen LogP contribution >= 0.6 is 0 Å². The van der Waals surface area contributed by atoms with Crippen molar-refractivity contribution in [1.29, 1.82) is 0 Å². The molecular formula is C24H35N3O4S. The van der Waals surface area contributed by atoms with Crippen molar-refractivity contribution in [2.75, 3.05) is 26.2 Å². The van der Waals surface area contributed by atoms with Gasteiger partial charge >= 0.3 is 0 Å². The van der Waals surface area contributed by atoms with E-state index in [9.17, 15) is 18.0 Å². The van der Waals surface area contributed by atoms with Gasteiger partial charge in [0.1, 0.15) is 6.04 Å². The number of aryl methyl sites for hydroxylation is 2. The highest BCUT2D eigenvalue weighted by Gasteiger charge is 2.45. The van der Waals surface area contributed by atoms with E-state index in [0.717, 1.165) is 36.0 Å². The molecule has 1 aromatic rings. The average molecular weight is 462 g/mol. The molecule has 1 aromatic carbocycles. The third kappa shape index (κ3) is 5.23. The molecule has 176 valence electrons. The minimum atomic E-state index is -3.54. The van der Waals surface area contributed by atoms with Gasteiger partial charge in [0.15, 0.2) is 0 Å². The van der Waals surface area contributed by atoms with Crippen molar-refractivity contribution < 1.29 is 18.0 Å². The minimum absolute atomic E-state index is 0.0622. The molecule has 2 fully saturated rings. The molecule has 0 saturated carbocycles. The van der Waals surface area contributed by atoms with Crippen molar-refractivity contribution in [3.05, 3.63) is 41.5 Å². The Morgan fingerprint density at radius 1 is 1.12 bits per heavy atom. The van der Waals surface area contributed by atoms with Gasteiger partial charge in [-0.05, 0) is 69.1 Å². The van der Waals surface area contributed by atoms with E-state index in [0.29, 0.717) is 37.5 Å². The smallest absolute Gasteiger partial charge is 0.245 e. The Morgan fingerprint density at radius 3 is 2.34 bits per heavy atom. The van der Waals surface area contributed by atoms with Gasteiger partial charge < -0.3 is 10.2 Å². The molecule has 2 saturated heterocycles. The van der Waals surface area contributed by atoms with Gasteiger partial charge in [-0.3, -0.25) is 9.59 Å². The fourth-order valence-corrected chi connectivity index (χ4v) is 6.62. The van der Waals surface area contributed by atoms with Crippen molar-refractivity contribution >= 4 is 21.8 Å². The van der Waals surface area contributed by atoms with Gasteiger partial charge in [-0.1, -0.05) is 17.7 Å². The maximum Gasteiger partial charge on any atom is 0.245 e. The van der Waals surface area contributed by atoms with Crippen LogP contribution in [-0.4, -0.2) is 61.7 Å². The molecular weight excluding hydrogens is 426 g/mol.